The molecule has 3 aliphatic heterocycles. The lowest BCUT2D eigenvalue weighted by atomic mass is 9.82. The highest BCUT2D eigenvalue weighted by Gasteiger charge is 2.48. The Bertz CT molecular complexity index is 656. The maximum Gasteiger partial charge on any atom is 0.231 e. The Labute approximate surface area is 122 Å². The second-order valence-electron chi connectivity index (χ2n) is 6.33. The first-order valence-electron chi connectivity index (χ1n) is 7.45. The monoisotopic (exact) mass is 287 g/mol. The lowest BCUT2D eigenvalue weighted by Crippen LogP contribution is -2.47. The third-order valence-electron chi connectivity index (χ3n) is 5.25. The predicted octanol–water partition coefficient (Wildman–Crippen LogP) is 0.749. The van der Waals surface area contributed by atoms with E-state index in [9.17, 15) is 10.2 Å². The van der Waals surface area contributed by atoms with E-state index >= 15 is 0 Å². The maximum atomic E-state index is 10.4. The minimum atomic E-state index is -0.691. The predicted molar refractivity (Wildman–Crippen MR) is 74.2 cm³/mol. The summed E-state index contributed by atoms with van der Waals surface area (Å²) in [6, 6.07) is 4.11. The third kappa shape index (κ3) is 1.51. The van der Waals surface area contributed by atoms with Crippen molar-refractivity contribution in [1.29, 1.82) is 0 Å². The SMILES string of the molecule is O[C@H]1[C@H]2C(=CC[C@@H]1O)[C@@H]1CN2Cc2cc3c(cc21)OCO3. The number of benzene rings is 1. The van der Waals surface area contributed by atoms with Crippen molar-refractivity contribution in [3.8, 4) is 11.5 Å². The average Bonchev–Trinajstić information content (AvgIpc) is 3.04. The third-order valence-corrected chi connectivity index (χ3v) is 5.25. The van der Waals surface area contributed by atoms with Crippen molar-refractivity contribution in [3.63, 3.8) is 0 Å². The summed E-state index contributed by atoms with van der Waals surface area (Å²) in [5.74, 6) is 1.94. The number of aliphatic hydroxyl groups is 2. The minimum absolute atomic E-state index is 0.0529. The van der Waals surface area contributed by atoms with Crippen LogP contribution in [0.2, 0.25) is 0 Å². The number of hydrogen-bond donors (Lipinski definition) is 2. The summed E-state index contributed by atoms with van der Waals surface area (Å²) in [4.78, 5) is 2.27. The quantitative estimate of drug-likeness (QED) is 0.690. The molecule has 0 amide bonds. The van der Waals surface area contributed by atoms with Crippen LogP contribution >= 0.6 is 0 Å². The van der Waals surface area contributed by atoms with Gasteiger partial charge in [-0.15, -0.1) is 0 Å². The molecule has 2 bridgehead atoms. The summed E-state index contributed by atoms with van der Waals surface area (Å²) in [5.41, 5.74) is 3.78. The van der Waals surface area contributed by atoms with Crippen LogP contribution in [0, 0.1) is 0 Å². The second-order valence-corrected chi connectivity index (χ2v) is 6.33. The molecule has 1 unspecified atom stereocenters. The van der Waals surface area contributed by atoms with Crippen LogP contribution < -0.4 is 9.47 Å². The van der Waals surface area contributed by atoms with Crippen LogP contribution in [0.25, 0.3) is 0 Å². The van der Waals surface area contributed by atoms with E-state index in [1.54, 1.807) is 0 Å². The number of aliphatic hydroxyl groups excluding tert-OH is 2. The summed E-state index contributed by atoms with van der Waals surface area (Å²) >= 11 is 0. The zero-order valence-electron chi connectivity index (χ0n) is 11.5. The van der Waals surface area contributed by atoms with E-state index in [-0.39, 0.29) is 6.04 Å². The molecule has 0 aromatic heterocycles. The molecular weight excluding hydrogens is 270 g/mol. The smallest absolute Gasteiger partial charge is 0.231 e. The molecule has 1 aliphatic carbocycles. The molecule has 1 aromatic carbocycles. The number of ether oxygens (including phenoxy) is 2. The Kier molecular flexibility index (Phi) is 2.29. The van der Waals surface area contributed by atoms with Crippen molar-refractivity contribution in [2.45, 2.75) is 37.1 Å². The van der Waals surface area contributed by atoms with Gasteiger partial charge in [-0.25, -0.2) is 0 Å². The van der Waals surface area contributed by atoms with E-state index < -0.39 is 12.2 Å². The molecule has 21 heavy (non-hydrogen) atoms. The van der Waals surface area contributed by atoms with E-state index in [2.05, 4.69) is 23.1 Å². The van der Waals surface area contributed by atoms with E-state index in [4.69, 9.17) is 9.47 Å². The summed E-state index contributed by atoms with van der Waals surface area (Å²) in [6.45, 7) is 1.99. The van der Waals surface area contributed by atoms with Crippen molar-refractivity contribution >= 4 is 0 Å². The summed E-state index contributed by atoms with van der Waals surface area (Å²) in [6.07, 6.45) is 1.31. The highest BCUT2D eigenvalue weighted by atomic mass is 16.7. The molecule has 4 aliphatic rings. The second kappa shape index (κ2) is 4.00. The lowest BCUT2D eigenvalue weighted by Gasteiger charge is -2.34. The van der Waals surface area contributed by atoms with Crippen LogP contribution in [0.15, 0.2) is 23.8 Å². The van der Waals surface area contributed by atoms with E-state index in [1.807, 2.05) is 0 Å². The normalized spacial score (nSPS) is 38.8. The van der Waals surface area contributed by atoms with Crippen molar-refractivity contribution in [1.82, 2.24) is 4.90 Å². The molecule has 2 N–H and O–H groups in total. The Morgan fingerprint density at radius 3 is 2.81 bits per heavy atom. The minimum Gasteiger partial charge on any atom is -0.454 e. The van der Waals surface area contributed by atoms with Gasteiger partial charge in [0.2, 0.25) is 6.79 Å². The van der Waals surface area contributed by atoms with Gasteiger partial charge in [-0.2, -0.15) is 0 Å². The first kappa shape index (κ1) is 12.0. The maximum absolute atomic E-state index is 10.4. The number of fused-ring (bicyclic) bond motifs is 8. The van der Waals surface area contributed by atoms with Crippen molar-refractivity contribution in [2.75, 3.05) is 13.3 Å². The Balaban J connectivity index is 1.63. The van der Waals surface area contributed by atoms with Gasteiger partial charge < -0.3 is 19.7 Å². The Morgan fingerprint density at radius 2 is 1.95 bits per heavy atom. The molecule has 1 aromatic rings. The van der Waals surface area contributed by atoms with Gasteiger partial charge in [-0.3, -0.25) is 4.90 Å². The van der Waals surface area contributed by atoms with Gasteiger partial charge in [0, 0.05) is 19.0 Å². The van der Waals surface area contributed by atoms with Crippen LogP contribution in [0.3, 0.4) is 0 Å². The fourth-order valence-corrected chi connectivity index (χ4v) is 4.27. The number of hydrogen-bond acceptors (Lipinski definition) is 5. The zero-order valence-corrected chi connectivity index (χ0v) is 11.5. The zero-order chi connectivity index (χ0) is 14.1. The number of rotatable bonds is 0. The fourth-order valence-electron chi connectivity index (χ4n) is 4.27. The lowest BCUT2D eigenvalue weighted by molar-refractivity contribution is -0.0248. The van der Waals surface area contributed by atoms with Crippen molar-refractivity contribution in [3.05, 3.63) is 34.9 Å². The summed E-state index contributed by atoms with van der Waals surface area (Å²) < 4.78 is 11.0. The van der Waals surface area contributed by atoms with Crippen LogP contribution in [0.5, 0.6) is 11.5 Å². The Morgan fingerprint density at radius 1 is 1.14 bits per heavy atom. The van der Waals surface area contributed by atoms with Gasteiger partial charge in [-0.1, -0.05) is 6.08 Å². The molecule has 110 valence electrons. The molecule has 5 nitrogen and oxygen atoms in total. The topological polar surface area (TPSA) is 62.2 Å². The molecule has 5 rings (SSSR count). The van der Waals surface area contributed by atoms with E-state index in [0.29, 0.717) is 19.1 Å². The molecule has 5 heteroatoms. The van der Waals surface area contributed by atoms with Crippen molar-refractivity contribution in [2.24, 2.45) is 0 Å². The highest BCUT2D eigenvalue weighted by molar-refractivity contribution is 5.54. The van der Waals surface area contributed by atoms with Gasteiger partial charge in [0.05, 0.1) is 18.2 Å². The average molecular weight is 287 g/mol. The highest BCUT2D eigenvalue weighted by Crippen LogP contribution is 2.49. The summed E-state index contributed by atoms with van der Waals surface area (Å²) in [7, 11) is 0. The van der Waals surface area contributed by atoms with Gasteiger partial charge in [-0.05, 0) is 35.3 Å². The molecule has 0 spiro atoms. The largest absolute Gasteiger partial charge is 0.454 e. The molecule has 3 heterocycles. The summed E-state index contributed by atoms with van der Waals surface area (Å²) in [5, 5.41) is 20.3. The van der Waals surface area contributed by atoms with Crippen LogP contribution in [0.4, 0.5) is 0 Å². The number of nitrogens with zero attached hydrogens (tertiary/aromatic N) is 1. The van der Waals surface area contributed by atoms with E-state index in [1.165, 1.54) is 16.7 Å². The van der Waals surface area contributed by atoms with Crippen LogP contribution in [0.1, 0.15) is 23.5 Å². The fraction of sp³-hybridized carbons (Fsp3) is 0.500. The van der Waals surface area contributed by atoms with Gasteiger partial charge in [0.1, 0.15) is 0 Å². The van der Waals surface area contributed by atoms with Crippen LogP contribution in [-0.2, 0) is 6.54 Å². The van der Waals surface area contributed by atoms with Crippen molar-refractivity contribution < 1.29 is 19.7 Å². The molecule has 5 atom stereocenters. The Hall–Kier alpha value is -1.56. The van der Waals surface area contributed by atoms with Gasteiger partial charge in [0.15, 0.2) is 11.5 Å². The first-order valence-corrected chi connectivity index (χ1v) is 7.45. The molecule has 1 fully saturated rings. The molecule has 0 saturated carbocycles. The molecule has 0 radical (unpaired) electrons. The molecular formula is C16H17NO4. The van der Waals surface area contributed by atoms with Gasteiger partial charge >= 0.3 is 0 Å². The first-order chi connectivity index (χ1) is 10.2. The van der Waals surface area contributed by atoms with Crippen LogP contribution in [-0.4, -0.2) is 46.7 Å². The van der Waals surface area contributed by atoms with Gasteiger partial charge in [0.25, 0.3) is 0 Å². The standard InChI is InChI=1S/C16H17NO4/c18-12-2-1-9-11-6-17(15(9)16(12)19)5-8-3-13-14(4-10(8)11)21-7-20-13/h1,3-4,11-12,15-16,18-19H,2,5-7H2/t11-,12-,15+,16+/m0/s1. The molecule has 1 saturated heterocycles. The van der Waals surface area contributed by atoms with E-state index in [0.717, 1.165) is 24.6 Å².